The summed E-state index contributed by atoms with van der Waals surface area (Å²) in [6, 6.07) is 4.47. The first-order valence-corrected chi connectivity index (χ1v) is 7.36. The number of hydrogen-bond acceptors (Lipinski definition) is 3. The van der Waals surface area contributed by atoms with Gasteiger partial charge in [0.25, 0.3) is 0 Å². The number of amides is 1. The molecule has 0 unspecified atom stereocenters. The van der Waals surface area contributed by atoms with E-state index < -0.39 is 0 Å². The van der Waals surface area contributed by atoms with E-state index in [1.54, 1.807) is 6.92 Å². The van der Waals surface area contributed by atoms with E-state index in [1.807, 2.05) is 36.5 Å². The minimum atomic E-state index is 0.169. The van der Waals surface area contributed by atoms with Crippen molar-refractivity contribution in [2.24, 2.45) is 0 Å². The number of nitrogens with zero attached hydrogens (tertiary/aromatic N) is 4. The van der Waals surface area contributed by atoms with Crippen LogP contribution in [-0.2, 0) is 4.79 Å². The van der Waals surface area contributed by atoms with Crippen LogP contribution in [0.5, 0.6) is 0 Å². The van der Waals surface area contributed by atoms with Crippen molar-refractivity contribution in [1.29, 1.82) is 0 Å². The number of aromatic nitrogens is 3. The molecule has 0 atom stereocenters. The van der Waals surface area contributed by atoms with Gasteiger partial charge in [-0.05, 0) is 31.9 Å². The lowest BCUT2D eigenvalue weighted by Gasteiger charge is -2.32. The van der Waals surface area contributed by atoms with Gasteiger partial charge in [-0.25, -0.2) is 4.98 Å². The van der Waals surface area contributed by atoms with Crippen molar-refractivity contribution >= 4 is 5.91 Å². The lowest BCUT2D eigenvalue weighted by Crippen LogP contribution is -2.37. The number of piperidine rings is 1. The second kappa shape index (κ2) is 5.68. The third-order valence-electron chi connectivity index (χ3n) is 4.14. The zero-order valence-electron chi connectivity index (χ0n) is 12.5. The summed E-state index contributed by atoms with van der Waals surface area (Å²) in [5.74, 6) is 1.13. The molecule has 3 rings (SSSR count). The monoisotopic (exact) mass is 284 g/mol. The summed E-state index contributed by atoms with van der Waals surface area (Å²) in [4.78, 5) is 22.2. The number of imidazole rings is 1. The SMILES string of the molecule is CC(=O)N1CCC(n2ccnc2-c2ccc(C)nc2)CC1. The molecule has 0 N–H and O–H groups in total. The quantitative estimate of drug-likeness (QED) is 0.851. The van der Waals surface area contributed by atoms with Crippen molar-refractivity contribution in [2.45, 2.75) is 32.7 Å². The Bertz CT molecular complexity index is 624. The number of pyridine rings is 1. The van der Waals surface area contributed by atoms with Gasteiger partial charge in [-0.1, -0.05) is 0 Å². The van der Waals surface area contributed by atoms with Crippen molar-refractivity contribution < 1.29 is 4.79 Å². The standard InChI is InChI=1S/C16H20N4O/c1-12-3-4-14(11-18-12)16-17-7-10-20(16)15-5-8-19(9-6-15)13(2)21/h3-4,7,10-11,15H,5-6,8-9H2,1-2H3. The van der Waals surface area contributed by atoms with E-state index in [4.69, 9.17) is 0 Å². The van der Waals surface area contributed by atoms with E-state index in [-0.39, 0.29) is 5.91 Å². The third kappa shape index (κ3) is 2.82. The van der Waals surface area contributed by atoms with E-state index in [9.17, 15) is 4.79 Å². The van der Waals surface area contributed by atoms with Gasteiger partial charge in [0.1, 0.15) is 5.82 Å². The topological polar surface area (TPSA) is 51.0 Å². The minimum absolute atomic E-state index is 0.169. The molecule has 0 radical (unpaired) electrons. The predicted octanol–water partition coefficient (Wildman–Crippen LogP) is 2.44. The fourth-order valence-corrected chi connectivity index (χ4v) is 2.89. The van der Waals surface area contributed by atoms with Gasteiger partial charge in [0.05, 0.1) is 0 Å². The fraction of sp³-hybridized carbons (Fsp3) is 0.438. The van der Waals surface area contributed by atoms with E-state index >= 15 is 0 Å². The van der Waals surface area contributed by atoms with Crippen molar-refractivity contribution in [1.82, 2.24) is 19.4 Å². The maximum absolute atomic E-state index is 11.4. The first kappa shape index (κ1) is 13.8. The number of carbonyl (C=O) groups is 1. The smallest absolute Gasteiger partial charge is 0.219 e. The summed E-state index contributed by atoms with van der Waals surface area (Å²) in [6.07, 6.45) is 7.69. The Morgan fingerprint density at radius 2 is 2.00 bits per heavy atom. The molecule has 2 aromatic rings. The molecule has 0 bridgehead atoms. The molecule has 1 aliphatic heterocycles. The van der Waals surface area contributed by atoms with Crippen LogP contribution in [0.4, 0.5) is 0 Å². The first-order valence-electron chi connectivity index (χ1n) is 7.36. The van der Waals surface area contributed by atoms with Gasteiger partial charge < -0.3 is 9.47 Å². The van der Waals surface area contributed by atoms with E-state index in [1.165, 1.54) is 0 Å². The lowest BCUT2D eigenvalue weighted by molar-refractivity contribution is -0.130. The molecular weight excluding hydrogens is 264 g/mol. The summed E-state index contributed by atoms with van der Waals surface area (Å²) in [6.45, 7) is 5.27. The van der Waals surface area contributed by atoms with Gasteiger partial charge in [0, 0.05) is 55.9 Å². The Balaban J connectivity index is 1.80. The highest BCUT2D eigenvalue weighted by atomic mass is 16.2. The highest BCUT2D eigenvalue weighted by Crippen LogP contribution is 2.27. The average molecular weight is 284 g/mol. The normalized spacial score (nSPS) is 16.2. The van der Waals surface area contributed by atoms with Gasteiger partial charge in [-0.2, -0.15) is 0 Å². The zero-order chi connectivity index (χ0) is 14.8. The molecule has 0 spiro atoms. The highest BCUT2D eigenvalue weighted by Gasteiger charge is 2.23. The maximum atomic E-state index is 11.4. The molecule has 2 aromatic heterocycles. The summed E-state index contributed by atoms with van der Waals surface area (Å²) in [5.41, 5.74) is 2.05. The molecule has 1 amide bonds. The molecule has 0 aliphatic carbocycles. The van der Waals surface area contributed by atoms with Gasteiger partial charge in [0.15, 0.2) is 0 Å². The van der Waals surface area contributed by atoms with Crippen molar-refractivity contribution in [2.75, 3.05) is 13.1 Å². The molecule has 1 saturated heterocycles. The molecule has 3 heterocycles. The van der Waals surface area contributed by atoms with Gasteiger partial charge in [0.2, 0.25) is 5.91 Å². The molecule has 21 heavy (non-hydrogen) atoms. The number of rotatable bonds is 2. The van der Waals surface area contributed by atoms with E-state index in [2.05, 4.69) is 20.6 Å². The van der Waals surface area contributed by atoms with Gasteiger partial charge >= 0.3 is 0 Å². The maximum Gasteiger partial charge on any atom is 0.219 e. The summed E-state index contributed by atoms with van der Waals surface area (Å²) in [7, 11) is 0. The zero-order valence-corrected chi connectivity index (χ0v) is 12.5. The van der Waals surface area contributed by atoms with Gasteiger partial charge in [-0.15, -0.1) is 0 Å². The average Bonchev–Trinajstić information content (AvgIpc) is 2.97. The second-order valence-corrected chi connectivity index (χ2v) is 5.58. The Morgan fingerprint density at radius 1 is 1.24 bits per heavy atom. The molecule has 0 saturated carbocycles. The number of likely N-dealkylation sites (tertiary alicyclic amines) is 1. The van der Waals surface area contributed by atoms with Crippen LogP contribution in [-0.4, -0.2) is 38.4 Å². The van der Waals surface area contributed by atoms with Crippen LogP contribution >= 0.6 is 0 Å². The van der Waals surface area contributed by atoms with Crippen molar-refractivity contribution in [3.8, 4) is 11.4 Å². The first-order chi connectivity index (χ1) is 10.1. The third-order valence-corrected chi connectivity index (χ3v) is 4.14. The Labute approximate surface area is 124 Å². The predicted molar refractivity (Wildman–Crippen MR) is 80.7 cm³/mol. The lowest BCUT2D eigenvalue weighted by atomic mass is 10.0. The molecule has 1 aliphatic rings. The van der Waals surface area contributed by atoms with Crippen LogP contribution in [0.15, 0.2) is 30.7 Å². The fourth-order valence-electron chi connectivity index (χ4n) is 2.89. The molecular formula is C16H20N4O. The Hall–Kier alpha value is -2.17. The van der Waals surface area contributed by atoms with Crippen LogP contribution in [0.3, 0.4) is 0 Å². The summed E-state index contributed by atoms with van der Waals surface area (Å²) in [5, 5.41) is 0. The minimum Gasteiger partial charge on any atom is -0.343 e. The Morgan fingerprint density at radius 3 is 2.62 bits per heavy atom. The van der Waals surface area contributed by atoms with Gasteiger partial charge in [-0.3, -0.25) is 9.78 Å². The van der Waals surface area contributed by atoms with E-state index in [0.29, 0.717) is 6.04 Å². The Kier molecular flexibility index (Phi) is 3.73. The van der Waals surface area contributed by atoms with E-state index in [0.717, 1.165) is 43.0 Å². The molecule has 5 heteroatoms. The van der Waals surface area contributed by atoms with Crippen LogP contribution in [0.2, 0.25) is 0 Å². The number of aryl methyl sites for hydroxylation is 1. The van der Waals surface area contributed by atoms with Crippen LogP contribution in [0.1, 0.15) is 31.5 Å². The summed E-state index contributed by atoms with van der Waals surface area (Å²) >= 11 is 0. The van der Waals surface area contributed by atoms with Crippen LogP contribution in [0.25, 0.3) is 11.4 Å². The largest absolute Gasteiger partial charge is 0.343 e. The van der Waals surface area contributed by atoms with Crippen molar-refractivity contribution in [3.05, 3.63) is 36.4 Å². The molecule has 0 aromatic carbocycles. The van der Waals surface area contributed by atoms with Crippen LogP contribution in [0, 0.1) is 6.92 Å². The number of carbonyl (C=O) groups excluding carboxylic acids is 1. The molecule has 5 nitrogen and oxygen atoms in total. The molecule has 110 valence electrons. The second-order valence-electron chi connectivity index (χ2n) is 5.58. The summed E-state index contributed by atoms with van der Waals surface area (Å²) < 4.78 is 2.23. The van der Waals surface area contributed by atoms with Crippen molar-refractivity contribution in [3.63, 3.8) is 0 Å². The molecule has 1 fully saturated rings. The number of hydrogen-bond donors (Lipinski definition) is 0. The highest BCUT2D eigenvalue weighted by molar-refractivity contribution is 5.73. The van der Waals surface area contributed by atoms with Crippen LogP contribution < -0.4 is 0 Å².